The number of nitrogens with zero attached hydrogens (tertiary/aromatic N) is 1. The van der Waals surface area contributed by atoms with Crippen LogP contribution in [0.3, 0.4) is 0 Å². The van der Waals surface area contributed by atoms with E-state index in [0.29, 0.717) is 18.7 Å². The number of rotatable bonds is 3. The Balaban J connectivity index is 2.03. The molecule has 1 fully saturated rings. The van der Waals surface area contributed by atoms with Gasteiger partial charge in [-0.05, 0) is 12.5 Å². The van der Waals surface area contributed by atoms with Crippen LogP contribution in [0.15, 0.2) is 30.3 Å². The molecule has 1 aliphatic rings. The number of hydrogen-bond donors (Lipinski definition) is 1. The molecule has 2 unspecified atom stereocenters. The van der Waals surface area contributed by atoms with E-state index in [1.807, 2.05) is 44.2 Å². The Hall–Kier alpha value is -1.19. The maximum Gasteiger partial charge on any atom is 0.138 e. The van der Waals surface area contributed by atoms with Gasteiger partial charge in [0.2, 0.25) is 0 Å². The van der Waals surface area contributed by atoms with Gasteiger partial charge >= 0.3 is 0 Å². The highest BCUT2D eigenvalue weighted by atomic mass is 16.3. The SMILES string of the molecule is CC1CN(CC(C)(O)c2ccccc2)CCC1=O. The van der Waals surface area contributed by atoms with E-state index < -0.39 is 5.60 Å². The molecule has 1 heterocycles. The van der Waals surface area contributed by atoms with Crippen molar-refractivity contribution in [3.63, 3.8) is 0 Å². The topological polar surface area (TPSA) is 40.5 Å². The van der Waals surface area contributed by atoms with Gasteiger partial charge in [-0.25, -0.2) is 0 Å². The highest BCUT2D eigenvalue weighted by molar-refractivity contribution is 5.81. The summed E-state index contributed by atoms with van der Waals surface area (Å²) in [6.07, 6.45) is 0.603. The Morgan fingerprint density at radius 3 is 2.67 bits per heavy atom. The van der Waals surface area contributed by atoms with Gasteiger partial charge in [0.05, 0.1) is 5.60 Å². The minimum Gasteiger partial charge on any atom is -0.384 e. The average Bonchev–Trinajstić information content (AvgIpc) is 2.35. The van der Waals surface area contributed by atoms with Crippen molar-refractivity contribution in [1.29, 1.82) is 0 Å². The zero-order valence-corrected chi connectivity index (χ0v) is 11.1. The molecule has 0 amide bonds. The molecule has 18 heavy (non-hydrogen) atoms. The first-order valence-electron chi connectivity index (χ1n) is 6.52. The highest BCUT2D eigenvalue weighted by Gasteiger charge is 2.30. The number of β-amino-alcohol motifs (C(OH)–C–C–N with tert-alkyl or cyclic N) is 1. The summed E-state index contributed by atoms with van der Waals surface area (Å²) in [4.78, 5) is 13.7. The number of Topliss-reactive ketones (excluding diaryl/α,β-unsaturated/α-hetero) is 1. The molecule has 98 valence electrons. The second kappa shape index (κ2) is 5.21. The van der Waals surface area contributed by atoms with E-state index in [9.17, 15) is 9.90 Å². The highest BCUT2D eigenvalue weighted by Crippen LogP contribution is 2.23. The number of likely N-dealkylation sites (tertiary alicyclic amines) is 1. The smallest absolute Gasteiger partial charge is 0.138 e. The summed E-state index contributed by atoms with van der Waals surface area (Å²) in [6.45, 7) is 5.89. The maximum absolute atomic E-state index is 11.5. The number of benzene rings is 1. The first kappa shape index (κ1) is 13.2. The lowest BCUT2D eigenvalue weighted by atomic mass is 9.92. The predicted octanol–water partition coefficient (Wildman–Crippen LogP) is 1.80. The van der Waals surface area contributed by atoms with E-state index in [4.69, 9.17) is 0 Å². The molecule has 0 radical (unpaired) electrons. The Morgan fingerprint density at radius 1 is 1.39 bits per heavy atom. The van der Waals surface area contributed by atoms with Crippen LogP contribution >= 0.6 is 0 Å². The monoisotopic (exact) mass is 247 g/mol. The van der Waals surface area contributed by atoms with Gasteiger partial charge in [-0.1, -0.05) is 37.3 Å². The quantitative estimate of drug-likeness (QED) is 0.885. The predicted molar refractivity (Wildman–Crippen MR) is 71.2 cm³/mol. The van der Waals surface area contributed by atoms with Crippen molar-refractivity contribution in [3.8, 4) is 0 Å². The summed E-state index contributed by atoms with van der Waals surface area (Å²) in [5, 5.41) is 10.6. The van der Waals surface area contributed by atoms with Crippen LogP contribution in [0.4, 0.5) is 0 Å². The number of ketones is 1. The molecule has 1 aliphatic heterocycles. The lowest BCUT2D eigenvalue weighted by Gasteiger charge is -2.35. The zero-order chi connectivity index (χ0) is 13.2. The van der Waals surface area contributed by atoms with Gasteiger partial charge < -0.3 is 5.11 Å². The summed E-state index contributed by atoms with van der Waals surface area (Å²) in [7, 11) is 0. The lowest BCUT2D eigenvalue weighted by Crippen LogP contribution is -2.46. The van der Waals surface area contributed by atoms with Crippen LogP contribution in [0.5, 0.6) is 0 Å². The van der Waals surface area contributed by atoms with Gasteiger partial charge in [0, 0.05) is 32.0 Å². The van der Waals surface area contributed by atoms with Crippen LogP contribution in [0, 0.1) is 5.92 Å². The molecule has 1 saturated heterocycles. The number of aliphatic hydroxyl groups is 1. The summed E-state index contributed by atoms with van der Waals surface area (Å²) in [5.41, 5.74) is 0.0658. The summed E-state index contributed by atoms with van der Waals surface area (Å²) in [5.74, 6) is 0.427. The van der Waals surface area contributed by atoms with Gasteiger partial charge in [0.25, 0.3) is 0 Å². The second-order valence-electron chi connectivity index (χ2n) is 5.49. The van der Waals surface area contributed by atoms with Gasteiger partial charge in [-0.3, -0.25) is 9.69 Å². The summed E-state index contributed by atoms with van der Waals surface area (Å²) in [6, 6.07) is 9.70. The largest absolute Gasteiger partial charge is 0.384 e. The van der Waals surface area contributed by atoms with Crippen LogP contribution in [-0.2, 0) is 10.4 Å². The third-order valence-corrected chi connectivity index (χ3v) is 3.68. The third kappa shape index (κ3) is 2.98. The van der Waals surface area contributed by atoms with Crippen molar-refractivity contribution in [2.75, 3.05) is 19.6 Å². The zero-order valence-electron chi connectivity index (χ0n) is 11.1. The van der Waals surface area contributed by atoms with Gasteiger partial charge in [0.15, 0.2) is 0 Å². The van der Waals surface area contributed by atoms with E-state index >= 15 is 0 Å². The normalized spacial score (nSPS) is 24.8. The fraction of sp³-hybridized carbons (Fsp3) is 0.533. The van der Waals surface area contributed by atoms with E-state index in [1.54, 1.807) is 0 Å². The van der Waals surface area contributed by atoms with Crippen molar-refractivity contribution < 1.29 is 9.90 Å². The van der Waals surface area contributed by atoms with E-state index in [1.165, 1.54) is 0 Å². The first-order valence-corrected chi connectivity index (χ1v) is 6.52. The minimum absolute atomic E-state index is 0.0883. The van der Waals surface area contributed by atoms with E-state index in [0.717, 1.165) is 18.7 Å². The molecule has 3 heteroatoms. The van der Waals surface area contributed by atoms with Crippen molar-refractivity contribution in [1.82, 2.24) is 4.90 Å². The standard InChI is InChI=1S/C15H21NO2/c1-12-10-16(9-8-14(12)17)11-15(2,18)13-6-4-3-5-7-13/h3-7,12,18H,8-11H2,1-2H3. The number of hydrogen-bond acceptors (Lipinski definition) is 3. The average molecular weight is 247 g/mol. The lowest BCUT2D eigenvalue weighted by molar-refractivity contribution is -0.126. The Morgan fingerprint density at radius 2 is 2.06 bits per heavy atom. The molecule has 0 aliphatic carbocycles. The summed E-state index contributed by atoms with van der Waals surface area (Å²) >= 11 is 0. The third-order valence-electron chi connectivity index (χ3n) is 3.68. The van der Waals surface area contributed by atoms with Crippen LogP contribution in [0.2, 0.25) is 0 Å². The Kier molecular flexibility index (Phi) is 3.83. The Bertz CT molecular complexity index is 414. The van der Waals surface area contributed by atoms with Crippen LogP contribution in [0.1, 0.15) is 25.8 Å². The molecular formula is C15H21NO2. The summed E-state index contributed by atoms with van der Waals surface area (Å²) < 4.78 is 0. The van der Waals surface area contributed by atoms with Crippen molar-refractivity contribution >= 4 is 5.78 Å². The molecule has 2 atom stereocenters. The van der Waals surface area contributed by atoms with Crippen molar-refractivity contribution in [3.05, 3.63) is 35.9 Å². The van der Waals surface area contributed by atoms with Gasteiger partial charge in [0.1, 0.15) is 5.78 Å². The molecule has 2 rings (SSSR count). The number of piperidine rings is 1. The van der Waals surface area contributed by atoms with E-state index in [-0.39, 0.29) is 5.92 Å². The van der Waals surface area contributed by atoms with Crippen LogP contribution < -0.4 is 0 Å². The molecular weight excluding hydrogens is 226 g/mol. The van der Waals surface area contributed by atoms with E-state index in [2.05, 4.69) is 4.90 Å². The first-order chi connectivity index (χ1) is 8.49. The molecule has 0 bridgehead atoms. The molecule has 1 N–H and O–H groups in total. The maximum atomic E-state index is 11.5. The molecule has 0 spiro atoms. The molecule has 0 aromatic heterocycles. The van der Waals surface area contributed by atoms with Gasteiger partial charge in [-0.15, -0.1) is 0 Å². The molecule has 1 aromatic carbocycles. The number of carbonyl (C=O) groups is 1. The molecule has 1 aromatic rings. The number of carbonyl (C=O) groups excluding carboxylic acids is 1. The fourth-order valence-corrected chi connectivity index (χ4v) is 2.56. The molecule has 3 nitrogen and oxygen atoms in total. The Labute approximate surface area is 108 Å². The second-order valence-corrected chi connectivity index (χ2v) is 5.49. The van der Waals surface area contributed by atoms with Crippen LogP contribution in [-0.4, -0.2) is 35.4 Å². The van der Waals surface area contributed by atoms with Crippen molar-refractivity contribution in [2.45, 2.75) is 25.9 Å². The van der Waals surface area contributed by atoms with Crippen LogP contribution in [0.25, 0.3) is 0 Å². The van der Waals surface area contributed by atoms with Crippen molar-refractivity contribution in [2.24, 2.45) is 5.92 Å². The fourth-order valence-electron chi connectivity index (χ4n) is 2.56. The van der Waals surface area contributed by atoms with Gasteiger partial charge in [-0.2, -0.15) is 0 Å². The minimum atomic E-state index is -0.860. The molecule has 0 saturated carbocycles.